The zero-order chi connectivity index (χ0) is 21.5. The third kappa shape index (κ3) is 2.04. The molecule has 4 aliphatic rings. The number of rotatable bonds is 3. The lowest BCUT2D eigenvalue weighted by Crippen LogP contribution is -2.75. The maximum absolute atomic E-state index is 13.1. The third-order valence-corrected chi connectivity index (χ3v) is 8.58. The number of nitrogens with zero attached hydrogens (tertiary/aromatic N) is 2. The molecule has 0 bridgehead atoms. The summed E-state index contributed by atoms with van der Waals surface area (Å²) in [6, 6.07) is 5.44. The summed E-state index contributed by atoms with van der Waals surface area (Å²) in [6.45, 7) is 2.77. The Bertz CT molecular complexity index is 934. The average molecular weight is 415 g/mol. The van der Waals surface area contributed by atoms with Crippen molar-refractivity contribution in [3.05, 3.63) is 23.8 Å². The minimum atomic E-state index is -1.65. The van der Waals surface area contributed by atoms with Crippen LogP contribution in [0.15, 0.2) is 18.2 Å². The fourth-order valence-electron chi connectivity index (χ4n) is 7.58. The Kier molecular flexibility index (Phi) is 4.02. The first-order valence-corrected chi connectivity index (χ1v) is 10.8. The van der Waals surface area contributed by atoms with Gasteiger partial charge >= 0.3 is 5.97 Å². The van der Waals surface area contributed by atoms with Crippen LogP contribution in [0.3, 0.4) is 0 Å². The van der Waals surface area contributed by atoms with Crippen molar-refractivity contribution in [2.45, 2.75) is 62.1 Å². The largest absolute Gasteiger partial charge is 0.497 e. The number of esters is 1. The Balaban J connectivity index is 1.81. The van der Waals surface area contributed by atoms with Gasteiger partial charge in [-0.25, -0.2) is 4.79 Å². The van der Waals surface area contributed by atoms with Crippen molar-refractivity contribution in [1.29, 1.82) is 0 Å². The number of piperidine rings is 1. The molecule has 1 aliphatic carbocycles. The molecule has 1 aromatic carbocycles. The van der Waals surface area contributed by atoms with E-state index in [1.807, 2.05) is 29.0 Å². The first-order chi connectivity index (χ1) is 14.3. The van der Waals surface area contributed by atoms with Gasteiger partial charge in [0.25, 0.3) is 0 Å². The highest BCUT2D eigenvalue weighted by molar-refractivity contribution is 5.86. The Labute approximate surface area is 176 Å². The topological polar surface area (TPSA) is 79.3 Å². The molecule has 1 spiro atoms. The number of anilines is 1. The minimum absolute atomic E-state index is 0.0386. The summed E-state index contributed by atoms with van der Waals surface area (Å²) in [4.78, 5) is 30.1. The van der Waals surface area contributed by atoms with Crippen LogP contribution in [0.2, 0.25) is 0 Å². The quantitative estimate of drug-likeness (QED) is 0.761. The Morgan fingerprint density at radius 3 is 2.70 bits per heavy atom. The molecule has 5 atom stereocenters. The smallest absolute Gasteiger partial charge is 0.340 e. The molecule has 1 aromatic rings. The summed E-state index contributed by atoms with van der Waals surface area (Å²) < 4.78 is 10.6. The summed E-state index contributed by atoms with van der Waals surface area (Å²) in [5.74, 6) is 0.335. The molecule has 7 nitrogen and oxygen atoms in total. The summed E-state index contributed by atoms with van der Waals surface area (Å²) in [5, 5.41) is 12.0. The molecule has 0 radical (unpaired) electrons. The number of carbonyl (C=O) groups is 2. The number of amides is 1. The summed E-state index contributed by atoms with van der Waals surface area (Å²) >= 11 is 0. The number of hydrogen-bond acceptors (Lipinski definition) is 6. The molecule has 0 aromatic heterocycles. The standard InChI is InChI=1S/C23H30N2O5/c1-5-21-9-8-17(26)25-11-10-22(18(21)25)15-7-6-14(29-3)12-16(15)24(2)19(22)23(28,13-21)20(27)30-4/h6-7,12,18-19,28H,5,8-11,13H2,1-4H3/t18?,19-,21+,22?,23-/m1/s1. The molecule has 162 valence electrons. The molecule has 2 saturated heterocycles. The van der Waals surface area contributed by atoms with E-state index in [2.05, 4.69) is 13.0 Å². The van der Waals surface area contributed by atoms with E-state index in [4.69, 9.17) is 9.47 Å². The summed E-state index contributed by atoms with van der Waals surface area (Å²) in [6.07, 6.45) is 2.98. The molecule has 5 rings (SSSR count). The first-order valence-electron chi connectivity index (χ1n) is 10.8. The molecule has 1 saturated carbocycles. The highest BCUT2D eigenvalue weighted by Crippen LogP contribution is 2.67. The predicted octanol–water partition coefficient (Wildman–Crippen LogP) is 1.85. The lowest BCUT2D eigenvalue weighted by Gasteiger charge is -2.62. The van der Waals surface area contributed by atoms with Gasteiger partial charge in [-0.1, -0.05) is 13.0 Å². The van der Waals surface area contributed by atoms with E-state index in [0.29, 0.717) is 25.8 Å². The Morgan fingerprint density at radius 2 is 2.03 bits per heavy atom. The number of fused-ring (bicyclic) bond motifs is 1. The van der Waals surface area contributed by atoms with Crippen LogP contribution in [0, 0.1) is 5.41 Å². The first kappa shape index (κ1) is 19.7. The van der Waals surface area contributed by atoms with Gasteiger partial charge in [0.1, 0.15) is 5.75 Å². The SMILES string of the molecule is CC[C@]12CCC(=O)N3CCC4(c5ccc(OC)cc5N(C)[C@H]4[C@@](O)(C(=O)OC)C1)C32. The van der Waals surface area contributed by atoms with E-state index in [-0.39, 0.29) is 17.4 Å². The van der Waals surface area contributed by atoms with E-state index in [0.717, 1.165) is 29.8 Å². The zero-order valence-corrected chi connectivity index (χ0v) is 18.1. The second kappa shape index (κ2) is 6.13. The van der Waals surface area contributed by atoms with E-state index in [1.165, 1.54) is 7.11 Å². The van der Waals surface area contributed by atoms with Gasteiger partial charge in [0, 0.05) is 43.2 Å². The van der Waals surface area contributed by atoms with Crippen molar-refractivity contribution in [1.82, 2.24) is 4.90 Å². The van der Waals surface area contributed by atoms with Crippen molar-refractivity contribution in [3.8, 4) is 5.75 Å². The van der Waals surface area contributed by atoms with Crippen LogP contribution < -0.4 is 9.64 Å². The Hall–Kier alpha value is -2.28. The van der Waals surface area contributed by atoms with Crippen molar-refractivity contribution in [2.75, 3.05) is 32.7 Å². The van der Waals surface area contributed by atoms with Crippen LogP contribution >= 0.6 is 0 Å². The van der Waals surface area contributed by atoms with Gasteiger partial charge in [-0.15, -0.1) is 0 Å². The minimum Gasteiger partial charge on any atom is -0.497 e. The van der Waals surface area contributed by atoms with E-state index in [1.54, 1.807) is 7.11 Å². The second-order valence-corrected chi connectivity index (χ2v) is 9.49. The number of ether oxygens (including phenoxy) is 2. The fourth-order valence-corrected chi connectivity index (χ4v) is 7.58. The van der Waals surface area contributed by atoms with Gasteiger partial charge in [0.15, 0.2) is 5.60 Å². The molecule has 7 heteroatoms. The fraction of sp³-hybridized carbons (Fsp3) is 0.652. The van der Waals surface area contributed by atoms with Crippen LogP contribution in [0.4, 0.5) is 5.69 Å². The van der Waals surface area contributed by atoms with Gasteiger partial charge in [-0.3, -0.25) is 4.79 Å². The number of benzene rings is 1. The van der Waals surface area contributed by atoms with E-state index in [9.17, 15) is 14.7 Å². The monoisotopic (exact) mass is 414 g/mol. The zero-order valence-electron chi connectivity index (χ0n) is 18.1. The number of likely N-dealkylation sites (N-methyl/N-ethyl adjacent to an activating group) is 1. The average Bonchev–Trinajstić information content (AvgIpc) is 3.28. The number of carbonyl (C=O) groups excluding carboxylic acids is 2. The molecule has 3 fully saturated rings. The third-order valence-electron chi connectivity index (χ3n) is 8.58. The van der Waals surface area contributed by atoms with Gasteiger partial charge in [-0.05, 0) is 42.7 Å². The predicted molar refractivity (Wildman–Crippen MR) is 111 cm³/mol. The van der Waals surface area contributed by atoms with Gasteiger partial charge in [-0.2, -0.15) is 0 Å². The van der Waals surface area contributed by atoms with Crippen LogP contribution in [0.5, 0.6) is 5.75 Å². The molecule has 1 amide bonds. The molecule has 3 heterocycles. The van der Waals surface area contributed by atoms with Crippen LogP contribution in [-0.4, -0.2) is 67.4 Å². The summed E-state index contributed by atoms with van der Waals surface area (Å²) in [7, 11) is 4.90. The maximum atomic E-state index is 13.1. The molecular formula is C23H30N2O5. The lowest BCUT2D eigenvalue weighted by molar-refractivity contribution is -0.190. The van der Waals surface area contributed by atoms with Gasteiger partial charge in [0.05, 0.1) is 20.3 Å². The molecule has 30 heavy (non-hydrogen) atoms. The number of hydrogen-bond donors (Lipinski definition) is 1. The lowest BCUT2D eigenvalue weighted by atomic mass is 9.48. The van der Waals surface area contributed by atoms with Crippen molar-refractivity contribution >= 4 is 17.6 Å². The molecule has 1 N–H and O–H groups in total. The normalized spacial score (nSPS) is 38.8. The number of methoxy groups -OCH3 is 2. The van der Waals surface area contributed by atoms with Crippen molar-refractivity contribution in [2.24, 2.45) is 5.41 Å². The van der Waals surface area contributed by atoms with Gasteiger partial charge < -0.3 is 24.4 Å². The molecule has 3 aliphatic heterocycles. The van der Waals surface area contributed by atoms with Gasteiger partial charge in [0.2, 0.25) is 5.91 Å². The molecular weight excluding hydrogens is 384 g/mol. The highest BCUT2D eigenvalue weighted by atomic mass is 16.5. The second-order valence-electron chi connectivity index (χ2n) is 9.49. The van der Waals surface area contributed by atoms with E-state index >= 15 is 0 Å². The van der Waals surface area contributed by atoms with Crippen LogP contribution in [-0.2, 0) is 19.7 Å². The van der Waals surface area contributed by atoms with Crippen molar-refractivity contribution < 1.29 is 24.2 Å². The Morgan fingerprint density at radius 1 is 1.27 bits per heavy atom. The highest BCUT2D eigenvalue weighted by Gasteiger charge is 2.76. The maximum Gasteiger partial charge on any atom is 0.340 e. The van der Waals surface area contributed by atoms with Crippen LogP contribution in [0.25, 0.3) is 0 Å². The van der Waals surface area contributed by atoms with E-state index < -0.39 is 23.0 Å². The summed E-state index contributed by atoms with van der Waals surface area (Å²) in [5.41, 5.74) is -0.458. The molecule has 2 unspecified atom stereocenters. The van der Waals surface area contributed by atoms with Crippen molar-refractivity contribution in [3.63, 3.8) is 0 Å². The van der Waals surface area contributed by atoms with Crippen LogP contribution in [0.1, 0.15) is 44.6 Å². The number of aliphatic hydroxyl groups is 1.